The van der Waals surface area contributed by atoms with E-state index >= 15 is 0 Å². The van der Waals surface area contributed by atoms with Gasteiger partial charge in [-0.15, -0.1) is 0 Å². The zero-order chi connectivity index (χ0) is 9.71. The van der Waals surface area contributed by atoms with Crippen molar-refractivity contribution >= 4 is 33.8 Å². The van der Waals surface area contributed by atoms with Gasteiger partial charge in [-0.05, 0) is 0 Å². The second-order valence-corrected chi connectivity index (χ2v) is 7.04. The van der Waals surface area contributed by atoms with E-state index in [1.54, 1.807) is 0 Å². The number of hydrogen-bond acceptors (Lipinski definition) is 1. The molecule has 0 N–H and O–H groups in total. The fraction of sp³-hybridized carbons (Fsp3) is 0.0909. The van der Waals surface area contributed by atoms with Crippen molar-refractivity contribution < 1.29 is 61.9 Å². The maximum absolute atomic E-state index is 3.64. The van der Waals surface area contributed by atoms with Gasteiger partial charge in [0, 0.05) is 0 Å². The average molecular weight is 448 g/mol. The Morgan fingerprint density at radius 1 is 1.12 bits per heavy atom. The Labute approximate surface area is 147 Å². The molecule has 3 rings (SSSR count). The molecular weight excluding hydrogens is 442 g/mol. The molecule has 1 atom stereocenters. The van der Waals surface area contributed by atoms with E-state index in [4.69, 9.17) is 0 Å². The van der Waals surface area contributed by atoms with Crippen molar-refractivity contribution in [3.05, 3.63) is 48.1 Å². The Balaban J connectivity index is 0.000000853. The Hall–Kier alpha value is 1.28. The van der Waals surface area contributed by atoms with Gasteiger partial charge < -0.3 is 37.2 Å². The van der Waals surface area contributed by atoms with Gasteiger partial charge in [-0.2, -0.15) is 0 Å². The number of halogens is 4. The van der Waals surface area contributed by atoms with Crippen LogP contribution >= 0.6 is 27.7 Å². The Kier molecular flexibility index (Phi) is 7.71. The van der Waals surface area contributed by atoms with E-state index in [1.165, 1.54) is 48.5 Å². The first-order valence-electron chi connectivity index (χ1n) is 4.36. The number of rotatable bonds is 0. The van der Waals surface area contributed by atoms with Crippen molar-refractivity contribution in [3.63, 3.8) is 0 Å². The van der Waals surface area contributed by atoms with Crippen molar-refractivity contribution in [2.75, 3.05) is 0 Å². The summed E-state index contributed by atoms with van der Waals surface area (Å²) in [4.78, 5) is 0. The molecule has 0 aromatic heterocycles. The normalized spacial score (nSPS) is 19.5. The Bertz CT molecular complexity index is 487. The summed E-state index contributed by atoms with van der Waals surface area (Å²) >= 11 is 7.08. The molecule has 1 aliphatic carbocycles. The average Bonchev–Trinajstić information content (AvgIpc) is 2.67. The van der Waals surface area contributed by atoms with E-state index in [1.807, 2.05) is 11.8 Å². The third-order valence-corrected chi connectivity index (χ3v) is 7.36. The first-order valence-corrected chi connectivity index (χ1v) is 7.26. The van der Waals surface area contributed by atoms with Crippen LogP contribution in [0.2, 0.25) is 0 Å². The molecule has 0 fully saturated rings. The van der Waals surface area contributed by atoms with Crippen LogP contribution in [0.1, 0.15) is 16.4 Å². The molecule has 0 saturated heterocycles. The third kappa shape index (κ3) is 3.07. The van der Waals surface area contributed by atoms with E-state index in [-0.39, 0.29) is 37.2 Å². The van der Waals surface area contributed by atoms with Crippen LogP contribution in [0.3, 0.4) is 0 Å². The molecular formula is C11H6BrCl3SZr. The van der Waals surface area contributed by atoms with Crippen LogP contribution in [0, 0.1) is 0 Å². The second kappa shape index (κ2) is 7.17. The van der Waals surface area contributed by atoms with Crippen molar-refractivity contribution in [1.29, 1.82) is 0 Å². The van der Waals surface area contributed by atoms with Crippen molar-refractivity contribution in [1.82, 2.24) is 0 Å². The largest absolute Gasteiger partial charge is 1.00 e. The van der Waals surface area contributed by atoms with Gasteiger partial charge in [-0.1, -0.05) is 0 Å². The first kappa shape index (κ1) is 18.3. The van der Waals surface area contributed by atoms with E-state index < -0.39 is 0 Å². The van der Waals surface area contributed by atoms with E-state index in [0.717, 1.165) is 0 Å². The number of allylic oxidation sites excluding steroid dienone is 1. The summed E-state index contributed by atoms with van der Waals surface area (Å²) < 4.78 is 2.82. The van der Waals surface area contributed by atoms with Crippen molar-refractivity contribution in [2.24, 2.45) is 0 Å². The van der Waals surface area contributed by atoms with Crippen LogP contribution in [0.4, 0.5) is 0 Å². The maximum atomic E-state index is 3.64. The van der Waals surface area contributed by atoms with Crippen LogP contribution in [-0.2, 0) is 24.7 Å². The number of thioether (sulfide) groups is 1. The molecule has 1 unspecified atom stereocenters. The molecule has 1 aromatic rings. The van der Waals surface area contributed by atoms with Crippen LogP contribution in [0.15, 0.2) is 36.9 Å². The summed E-state index contributed by atoms with van der Waals surface area (Å²) in [6.45, 7) is 0. The van der Waals surface area contributed by atoms with Crippen LogP contribution in [0.25, 0.3) is 6.08 Å². The number of hydrogen-bond donors (Lipinski definition) is 0. The second-order valence-electron chi connectivity index (χ2n) is 3.38. The predicted molar refractivity (Wildman–Crippen MR) is 60.7 cm³/mol. The van der Waals surface area contributed by atoms with Gasteiger partial charge >= 0.3 is 112 Å². The molecule has 6 heteroatoms. The van der Waals surface area contributed by atoms with Gasteiger partial charge in [0.15, 0.2) is 0 Å². The molecule has 0 spiro atoms. The van der Waals surface area contributed by atoms with Gasteiger partial charge in [0.25, 0.3) is 0 Å². The minimum Gasteiger partial charge on any atom is -1.00 e. The fourth-order valence-corrected chi connectivity index (χ4v) is 5.01. The summed E-state index contributed by atoms with van der Waals surface area (Å²) in [7, 11) is 0. The van der Waals surface area contributed by atoms with Gasteiger partial charge in [0.1, 0.15) is 0 Å². The predicted octanol–water partition coefficient (Wildman–Crippen LogP) is -5.01. The van der Waals surface area contributed by atoms with Crippen molar-refractivity contribution in [3.8, 4) is 0 Å². The molecule has 1 heterocycles. The van der Waals surface area contributed by atoms with E-state index in [0.29, 0.717) is 5.25 Å². The molecule has 1 aromatic carbocycles. The molecule has 2 aliphatic rings. The van der Waals surface area contributed by atoms with Gasteiger partial charge in [-0.25, -0.2) is 0 Å². The van der Waals surface area contributed by atoms with Crippen LogP contribution < -0.4 is 37.2 Å². The van der Waals surface area contributed by atoms with E-state index in [9.17, 15) is 0 Å². The standard InChI is InChI=1S/C11H6BrS.3ClH.Zr/c12-10-6-8-5-7-3-1-2-4-9(7)11(8)13-10;;;;/h1-5,11H;3*1H;/q;;;;+3/p-3. The number of benzene rings is 1. The Morgan fingerprint density at radius 3 is 2.47 bits per heavy atom. The molecule has 0 amide bonds. The van der Waals surface area contributed by atoms with Crippen molar-refractivity contribution in [2.45, 2.75) is 5.25 Å². The maximum Gasteiger partial charge on any atom is -1.00 e. The zero-order valence-corrected chi connectivity index (χ0v) is 15.5. The molecule has 1 aliphatic heterocycles. The zero-order valence-electron chi connectivity index (χ0n) is 8.38. The molecule has 0 bridgehead atoms. The summed E-state index contributed by atoms with van der Waals surface area (Å²) in [6.07, 6.45) is 2.34. The third-order valence-electron chi connectivity index (χ3n) is 2.58. The van der Waals surface area contributed by atoms with E-state index in [2.05, 4.69) is 46.3 Å². The van der Waals surface area contributed by atoms with Gasteiger partial charge in [0.2, 0.25) is 0 Å². The smallest absolute Gasteiger partial charge is 1.00 e. The fourth-order valence-electron chi connectivity index (χ4n) is 1.90. The topological polar surface area (TPSA) is 0 Å². The molecule has 0 radical (unpaired) electrons. The van der Waals surface area contributed by atoms with Gasteiger partial charge in [-0.3, -0.25) is 0 Å². The summed E-state index contributed by atoms with van der Waals surface area (Å²) in [6, 6.07) is 8.69. The molecule has 17 heavy (non-hydrogen) atoms. The van der Waals surface area contributed by atoms with Crippen LogP contribution in [0.5, 0.6) is 0 Å². The molecule has 88 valence electrons. The summed E-state index contributed by atoms with van der Waals surface area (Å²) in [5.74, 6) is 0. The molecule has 0 saturated carbocycles. The molecule has 0 nitrogen and oxygen atoms in total. The first-order chi connectivity index (χ1) is 6.77. The number of fused-ring (bicyclic) bond motifs is 3. The van der Waals surface area contributed by atoms with Gasteiger partial charge in [0.05, 0.1) is 0 Å². The summed E-state index contributed by atoms with van der Waals surface area (Å²) in [5.41, 5.74) is 4.39. The van der Waals surface area contributed by atoms with Crippen LogP contribution in [-0.4, -0.2) is 0 Å². The summed E-state index contributed by atoms with van der Waals surface area (Å²) in [5, 5.41) is 0.565. The minimum absolute atomic E-state index is 0. The monoisotopic (exact) mass is 444 g/mol. The quantitative estimate of drug-likeness (QED) is 0.384. The SMILES string of the molecule is BrC1=[C]([Zr+3])C2=Cc3ccccc3C2S1.[Cl-].[Cl-].[Cl-]. The minimum atomic E-state index is 0. The Morgan fingerprint density at radius 2 is 1.76 bits per heavy atom.